The Balaban J connectivity index is 0.000000145. The molecule has 5 aliphatic rings. The van der Waals surface area contributed by atoms with Crippen LogP contribution in [0.25, 0.3) is 27.8 Å². The number of nitriles is 3. The Hall–Kier alpha value is -10.8. The third kappa shape index (κ3) is 19.2. The molecule has 3 aliphatic heterocycles. The van der Waals surface area contributed by atoms with Crippen molar-refractivity contribution in [2.45, 2.75) is 135 Å². The first kappa shape index (κ1) is 80.7. The predicted molar refractivity (Wildman–Crippen MR) is 418 cm³/mol. The molecule has 3 saturated heterocycles. The highest BCUT2D eigenvalue weighted by Crippen LogP contribution is 2.43. The summed E-state index contributed by atoms with van der Waals surface area (Å²) < 4.78 is 44.9. The maximum absolute atomic E-state index is 12.7. The van der Waals surface area contributed by atoms with Crippen molar-refractivity contribution in [1.82, 2.24) is 69.4 Å². The molecule has 2 amide bonds. The first-order chi connectivity index (χ1) is 53.2. The van der Waals surface area contributed by atoms with E-state index in [9.17, 15) is 35.4 Å². The largest absolute Gasteiger partial charge is 0.497 e. The number of amides is 2. The summed E-state index contributed by atoms with van der Waals surface area (Å²) in [5.41, 5.74) is 2.40. The topological polar surface area (TPSA) is 391 Å². The van der Waals surface area contributed by atoms with E-state index in [1.165, 1.54) is 24.8 Å². The van der Waals surface area contributed by atoms with Gasteiger partial charge < -0.3 is 68.7 Å². The number of pyridine rings is 5. The highest BCUT2D eigenvalue weighted by molar-refractivity contribution is 9.10. The molecule has 2 saturated carbocycles. The van der Waals surface area contributed by atoms with Crippen LogP contribution in [0.2, 0.25) is 5.15 Å². The van der Waals surface area contributed by atoms with Gasteiger partial charge in [0.25, 0.3) is 11.8 Å². The minimum absolute atomic E-state index is 0.0782. The van der Waals surface area contributed by atoms with E-state index in [0.29, 0.717) is 119 Å². The number of nitrogens with one attached hydrogen (secondary N) is 2. The van der Waals surface area contributed by atoms with Gasteiger partial charge in [0.2, 0.25) is 11.8 Å². The van der Waals surface area contributed by atoms with Gasteiger partial charge in [0.15, 0.2) is 0 Å². The Labute approximate surface area is 661 Å². The second-order valence-electron chi connectivity index (χ2n) is 31.3. The van der Waals surface area contributed by atoms with Gasteiger partial charge in [0.05, 0.1) is 154 Å². The van der Waals surface area contributed by atoms with Crippen LogP contribution in [-0.4, -0.2) is 193 Å². The van der Waals surface area contributed by atoms with E-state index >= 15 is 0 Å². The average molecular weight is 1610 g/mol. The number of anilines is 2. The molecular formula is C78H88BBrClN19O12. The zero-order chi connectivity index (χ0) is 80.2. The molecule has 34 heteroatoms. The lowest BCUT2D eigenvalue weighted by Gasteiger charge is -2.32. The second kappa shape index (κ2) is 33.2. The van der Waals surface area contributed by atoms with Crippen LogP contribution in [0.4, 0.5) is 11.6 Å². The summed E-state index contributed by atoms with van der Waals surface area (Å²) >= 11 is 9.19. The molecule has 5 fully saturated rings. The van der Waals surface area contributed by atoms with E-state index in [0.717, 1.165) is 68.0 Å². The minimum Gasteiger partial charge on any atom is -0.489 e. The summed E-state index contributed by atoms with van der Waals surface area (Å²) in [7, 11) is 2.44. The van der Waals surface area contributed by atoms with E-state index in [2.05, 4.69) is 89.8 Å². The number of hydrogen-bond donors (Lipinski definition) is 5. The van der Waals surface area contributed by atoms with E-state index in [-0.39, 0.29) is 43.7 Å². The van der Waals surface area contributed by atoms with Gasteiger partial charge in [-0.05, 0) is 165 Å². The Bertz CT molecular complexity index is 5120. The van der Waals surface area contributed by atoms with E-state index in [4.69, 9.17) is 59.8 Å². The molecule has 5 N–H and O–H groups in total. The number of methoxy groups -OCH3 is 2. The van der Waals surface area contributed by atoms with Crippen molar-refractivity contribution in [1.29, 1.82) is 15.8 Å². The number of carbonyl (C=O) groups is 2. The Morgan fingerprint density at radius 2 is 0.955 bits per heavy atom. The van der Waals surface area contributed by atoms with Crippen LogP contribution in [0.3, 0.4) is 0 Å². The number of ether oxygens (including phenoxy) is 5. The van der Waals surface area contributed by atoms with E-state index in [1.54, 1.807) is 161 Å². The third-order valence-electron chi connectivity index (χ3n) is 20.1. The lowest BCUT2D eigenvalue weighted by molar-refractivity contribution is 0.00578. The van der Waals surface area contributed by atoms with Crippen molar-refractivity contribution in [3.8, 4) is 58.5 Å². The van der Waals surface area contributed by atoms with E-state index in [1.807, 2.05) is 27.7 Å². The fourth-order valence-electron chi connectivity index (χ4n) is 14.0. The molecule has 13 heterocycles. The molecule has 2 aliphatic carbocycles. The summed E-state index contributed by atoms with van der Waals surface area (Å²) in [4.78, 5) is 55.7. The van der Waals surface area contributed by atoms with Gasteiger partial charge in [0.1, 0.15) is 72.1 Å². The third-order valence-corrected chi connectivity index (χ3v) is 20.9. The lowest BCUT2D eigenvalue weighted by atomic mass is 9.78. The highest BCUT2D eigenvalue weighted by Gasteiger charge is 2.53. The molecule has 31 nitrogen and oxygen atoms in total. The molecule has 0 aromatic carbocycles. The maximum atomic E-state index is 12.7. The summed E-state index contributed by atoms with van der Waals surface area (Å²) in [6, 6.07) is 18.9. The van der Waals surface area contributed by atoms with Crippen LogP contribution in [0.1, 0.15) is 132 Å². The molecule has 0 spiro atoms. The number of halogens is 2. The molecule has 2 unspecified atom stereocenters. The number of hydrogen-bond acceptors (Lipinski definition) is 26. The van der Waals surface area contributed by atoms with Crippen molar-refractivity contribution in [3.63, 3.8) is 0 Å². The summed E-state index contributed by atoms with van der Waals surface area (Å²) in [6.07, 6.45) is 23.2. The van der Waals surface area contributed by atoms with Crippen LogP contribution in [0.15, 0.2) is 121 Å². The van der Waals surface area contributed by atoms with Crippen molar-refractivity contribution in [3.05, 3.63) is 154 Å². The van der Waals surface area contributed by atoms with Crippen LogP contribution >= 0.6 is 27.5 Å². The number of aromatic nitrogens is 12. The summed E-state index contributed by atoms with van der Waals surface area (Å²) in [6.45, 7) is 21.9. The van der Waals surface area contributed by atoms with Crippen LogP contribution in [0, 0.1) is 57.7 Å². The van der Waals surface area contributed by atoms with Gasteiger partial charge in [0, 0.05) is 78.3 Å². The van der Waals surface area contributed by atoms with Gasteiger partial charge in [-0.3, -0.25) is 14.6 Å². The molecule has 112 heavy (non-hydrogen) atoms. The van der Waals surface area contributed by atoms with Crippen molar-refractivity contribution < 1.29 is 57.9 Å². The average Bonchev–Trinajstić information content (AvgIpc) is 1.59. The Morgan fingerprint density at radius 1 is 0.554 bits per heavy atom. The SMILES string of the molecule is CC(C)(O)COc1cc(B2OC(C)(C)C(C)(C)O2)c2c(C#N)cnn2c1.CC(C)(O)COc1cc(Br)c2c(C#N)cnn2c1.COc1ccc(C(=O)NC2C[C@@H]3CN(c4cnc(-c5cc(OCC(C)(C)O)cn6ncc(C#N)c56)cn4)C[C@@H]3C2)cn1.COc1ccc(C(=O)NC2C[C@@H]3CN(c4cnc(Cl)cn4)C[C@@H]3C2)cn1. The Morgan fingerprint density at radius 3 is 1.35 bits per heavy atom. The molecule has 0 bridgehead atoms. The highest BCUT2D eigenvalue weighted by atomic mass is 79.9. The van der Waals surface area contributed by atoms with Crippen molar-refractivity contribution >= 4 is 80.1 Å². The molecule has 10 aromatic heterocycles. The van der Waals surface area contributed by atoms with Crippen molar-refractivity contribution in [2.75, 3.05) is 70.0 Å². The maximum Gasteiger partial charge on any atom is 0.497 e. The molecule has 584 valence electrons. The lowest BCUT2D eigenvalue weighted by Crippen LogP contribution is -2.41. The van der Waals surface area contributed by atoms with Crippen LogP contribution in [-0.2, 0) is 9.31 Å². The van der Waals surface area contributed by atoms with Crippen LogP contribution < -0.4 is 49.6 Å². The predicted octanol–water partition coefficient (Wildman–Crippen LogP) is 8.81. The number of fused-ring (bicyclic) bond motifs is 5. The Kier molecular flexibility index (Phi) is 23.9. The fourth-order valence-corrected chi connectivity index (χ4v) is 14.7. The monoisotopic (exact) mass is 1610 g/mol. The first-order valence-electron chi connectivity index (χ1n) is 36.4. The van der Waals surface area contributed by atoms with Crippen LogP contribution in [0.5, 0.6) is 29.0 Å². The summed E-state index contributed by atoms with van der Waals surface area (Å²) in [5.74, 6) is 6.06. The fraction of sp³-hybridized carbons (Fsp3) is 0.436. The quantitative estimate of drug-likeness (QED) is 0.0472. The van der Waals surface area contributed by atoms with Gasteiger partial charge in [-0.15, -0.1) is 0 Å². The van der Waals surface area contributed by atoms with Gasteiger partial charge >= 0.3 is 7.12 Å². The molecule has 15 rings (SSSR count). The number of nitrogens with zero attached hydrogens (tertiary/aromatic N) is 17. The van der Waals surface area contributed by atoms with Crippen molar-refractivity contribution in [2.24, 2.45) is 23.7 Å². The number of rotatable bonds is 19. The minimum atomic E-state index is -1.01. The zero-order valence-corrected chi connectivity index (χ0v) is 66.5. The number of aliphatic hydroxyl groups is 3. The van der Waals surface area contributed by atoms with Gasteiger partial charge in [-0.1, -0.05) is 11.6 Å². The first-order valence-corrected chi connectivity index (χ1v) is 37.6. The molecule has 10 aromatic rings. The molecule has 0 radical (unpaired) electrons. The number of carbonyl (C=O) groups excluding carboxylic acids is 2. The molecular weight excluding hydrogens is 1520 g/mol. The van der Waals surface area contributed by atoms with Gasteiger partial charge in [-0.25, -0.2) is 38.5 Å². The standard InChI is InChI=1S/C30H32N8O4.C18H24BN3O4.C18H20ClN5O2.C12H12BrN3O2/c1-30(2,40)17-42-23-8-24(28-21(9-31)11-35-38(28)16-23)25-12-33-26(13-32-25)37-14-19-6-22(7-20(19)15-37)36-29(39)18-4-5-27(41-3)34-10-18;1-16(2,23)11-24-13-7-14(15-12(8-20)9-21-22(15)10-13)19-25-17(3,4)18(5,6)26-19;1-26-17-3-2-11(6-22-17)18(25)23-14-4-12-9-24(10-13(12)5-14)16-8-20-15(19)7-21-16;1-12(2,17)7-18-9-3-10(13)11-8(4-14)5-15-16(11)6-9/h4-5,8,10-13,16,19-20,22,40H,6-7,14-15,17H2,1-3H3,(H,36,39);7,9-10,23H,11H2,1-6H3;2-3,6-8,12-14H,4-5,9-10H2,1H3,(H,23,25);3,5-6,17H,7H2,1-2H3/t19-,20+,22?;;12-,13+,14?;. The summed E-state index contributed by atoms with van der Waals surface area (Å²) in [5, 5.41) is 76.9. The van der Waals surface area contributed by atoms with E-state index < -0.39 is 35.1 Å². The van der Waals surface area contributed by atoms with Gasteiger partial charge in [-0.2, -0.15) is 31.1 Å². The second-order valence-corrected chi connectivity index (χ2v) is 32.5. The molecule has 6 atom stereocenters. The normalized spacial score (nSPS) is 19.4. The zero-order valence-electron chi connectivity index (χ0n) is 64.2. The smallest absolute Gasteiger partial charge is 0.489 e.